The zero-order chi connectivity index (χ0) is 16.8. The summed E-state index contributed by atoms with van der Waals surface area (Å²) < 4.78 is 1.94. The second-order valence-electron chi connectivity index (χ2n) is 5.68. The first-order valence-corrected chi connectivity index (χ1v) is 8.18. The van der Waals surface area contributed by atoms with Gasteiger partial charge in [-0.15, -0.1) is 0 Å². The number of hydrogen-bond acceptors (Lipinski definition) is 2. The van der Waals surface area contributed by atoms with Gasteiger partial charge in [-0.3, -0.25) is 9.48 Å². The summed E-state index contributed by atoms with van der Waals surface area (Å²) in [6, 6.07) is 20.3. The van der Waals surface area contributed by atoms with E-state index in [1.165, 1.54) is 5.56 Å². The van der Waals surface area contributed by atoms with Crippen LogP contribution in [0.5, 0.6) is 0 Å². The minimum Gasteiger partial charge on any atom is -0.352 e. The van der Waals surface area contributed by atoms with Gasteiger partial charge in [-0.2, -0.15) is 5.10 Å². The van der Waals surface area contributed by atoms with Gasteiger partial charge in [0.15, 0.2) is 0 Å². The molecule has 1 amide bonds. The molecule has 0 bridgehead atoms. The number of aromatic nitrogens is 2. The molecule has 3 rings (SSSR count). The second kappa shape index (κ2) is 7.59. The summed E-state index contributed by atoms with van der Waals surface area (Å²) in [4.78, 5) is 11.6. The van der Waals surface area contributed by atoms with Crippen LogP contribution in [0.3, 0.4) is 0 Å². The fourth-order valence-electron chi connectivity index (χ4n) is 2.60. The van der Waals surface area contributed by atoms with Gasteiger partial charge in [0.1, 0.15) is 0 Å². The van der Waals surface area contributed by atoms with Crippen LogP contribution in [-0.2, 0) is 17.9 Å². The molecule has 4 nitrogen and oxygen atoms in total. The summed E-state index contributed by atoms with van der Waals surface area (Å²) in [5.41, 5.74) is 4.20. The number of nitrogens with zero attached hydrogens (tertiary/aromatic N) is 2. The molecule has 122 valence electrons. The Bertz CT molecular complexity index is 794. The highest BCUT2D eigenvalue weighted by Crippen LogP contribution is 2.22. The molecule has 1 heterocycles. The smallest absolute Gasteiger partial charge is 0.219 e. The molecule has 0 radical (unpaired) electrons. The first kappa shape index (κ1) is 16.0. The van der Waals surface area contributed by atoms with E-state index < -0.39 is 0 Å². The van der Waals surface area contributed by atoms with Crippen LogP contribution in [0.15, 0.2) is 66.9 Å². The lowest BCUT2D eigenvalue weighted by atomic mass is 10.1. The van der Waals surface area contributed by atoms with E-state index in [4.69, 9.17) is 5.10 Å². The van der Waals surface area contributed by atoms with Gasteiger partial charge in [0.05, 0.1) is 12.2 Å². The van der Waals surface area contributed by atoms with Crippen molar-refractivity contribution in [1.82, 2.24) is 15.1 Å². The van der Waals surface area contributed by atoms with Gasteiger partial charge >= 0.3 is 0 Å². The van der Waals surface area contributed by atoms with E-state index in [0.717, 1.165) is 16.8 Å². The maximum Gasteiger partial charge on any atom is 0.219 e. The minimum atomic E-state index is 0.0461. The molecule has 1 aromatic heterocycles. The molecule has 24 heavy (non-hydrogen) atoms. The van der Waals surface area contributed by atoms with Gasteiger partial charge in [-0.25, -0.2) is 0 Å². The highest BCUT2D eigenvalue weighted by atomic mass is 16.1. The summed E-state index contributed by atoms with van der Waals surface area (Å²) in [5.74, 6) is 0.0461. The van der Waals surface area contributed by atoms with Crippen LogP contribution in [0.2, 0.25) is 0 Å². The lowest BCUT2D eigenvalue weighted by Gasteiger charge is -2.04. The fourth-order valence-corrected chi connectivity index (χ4v) is 2.60. The van der Waals surface area contributed by atoms with Crippen LogP contribution in [0.1, 0.15) is 24.5 Å². The van der Waals surface area contributed by atoms with Crippen LogP contribution in [0, 0.1) is 0 Å². The maximum atomic E-state index is 11.6. The number of carbonyl (C=O) groups is 1. The Balaban J connectivity index is 1.88. The number of rotatable bonds is 6. The van der Waals surface area contributed by atoms with Gasteiger partial charge in [-0.05, 0) is 5.56 Å². The molecular weight excluding hydrogens is 298 g/mol. The maximum absolute atomic E-state index is 11.6. The zero-order valence-corrected chi connectivity index (χ0v) is 13.8. The molecule has 0 atom stereocenters. The van der Waals surface area contributed by atoms with E-state index in [2.05, 4.69) is 17.4 Å². The van der Waals surface area contributed by atoms with Crippen LogP contribution in [0.4, 0.5) is 0 Å². The van der Waals surface area contributed by atoms with Crippen molar-refractivity contribution in [2.45, 2.75) is 26.4 Å². The number of benzene rings is 2. The first-order valence-electron chi connectivity index (χ1n) is 8.18. The van der Waals surface area contributed by atoms with Gasteiger partial charge < -0.3 is 5.32 Å². The molecule has 0 aliphatic rings. The number of amides is 1. The van der Waals surface area contributed by atoms with E-state index >= 15 is 0 Å². The predicted octanol–water partition coefficient (Wildman–Crippen LogP) is 3.62. The standard InChI is InChI=1S/C20H21N3O/c1-2-19(24)21-13-18-15-23(14-16-9-5-3-6-10-16)22-20(18)17-11-7-4-8-12-17/h3-12,15H,2,13-14H2,1H3,(H,21,24). The molecule has 0 fully saturated rings. The average Bonchev–Trinajstić information content (AvgIpc) is 3.04. The summed E-state index contributed by atoms with van der Waals surface area (Å²) in [6.07, 6.45) is 2.50. The second-order valence-corrected chi connectivity index (χ2v) is 5.68. The van der Waals surface area contributed by atoms with Crippen LogP contribution in [-0.4, -0.2) is 15.7 Å². The predicted molar refractivity (Wildman–Crippen MR) is 95.3 cm³/mol. The third-order valence-corrected chi connectivity index (χ3v) is 3.87. The van der Waals surface area contributed by atoms with E-state index in [1.54, 1.807) is 0 Å². The normalized spacial score (nSPS) is 10.5. The third kappa shape index (κ3) is 3.90. The van der Waals surface area contributed by atoms with E-state index in [0.29, 0.717) is 19.5 Å². The van der Waals surface area contributed by atoms with Crippen LogP contribution >= 0.6 is 0 Å². The molecular formula is C20H21N3O. The minimum absolute atomic E-state index is 0.0461. The summed E-state index contributed by atoms with van der Waals surface area (Å²) >= 11 is 0. The highest BCUT2D eigenvalue weighted by molar-refractivity contribution is 5.75. The van der Waals surface area contributed by atoms with E-state index in [9.17, 15) is 4.79 Å². The molecule has 0 spiro atoms. The van der Waals surface area contributed by atoms with Crippen molar-refractivity contribution in [1.29, 1.82) is 0 Å². The molecule has 4 heteroatoms. The molecule has 1 N–H and O–H groups in total. The molecule has 0 saturated heterocycles. The number of carbonyl (C=O) groups excluding carboxylic acids is 1. The Morgan fingerprint density at radius 1 is 1.04 bits per heavy atom. The van der Waals surface area contributed by atoms with Crippen molar-refractivity contribution in [2.75, 3.05) is 0 Å². The quantitative estimate of drug-likeness (QED) is 0.754. The number of nitrogens with one attached hydrogen (secondary N) is 1. The van der Waals surface area contributed by atoms with Gasteiger partial charge in [0.2, 0.25) is 5.91 Å². The Labute approximate surface area is 142 Å². The topological polar surface area (TPSA) is 46.9 Å². The first-order chi connectivity index (χ1) is 11.8. The van der Waals surface area contributed by atoms with E-state index in [-0.39, 0.29) is 5.91 Å². The molecule has 0 saturated carbocycles. The van der Waals surface area contributed by atoms with Gasteiger partial charge in [-0.1, -0.05) is 67.6 Å². The SMILES string of the molecule is CCC(=O)NCc1cn(Cc2ccccc2)nc1-c1ccccc1. The number of hydrogen-bond donors (Lipinski definition) is 1. The van der Waals surface area contributed by atoms with Crippen molar-refractivity contribution >= 4 is 5.91 Å². The Kier molecular flexibility index (Phi) is 5.06. The third-order valence-electron chi connectivity index (χ3n) is 3.87. The van der Waals surface area contributed by atoms with Crippen LogP contribution in [0.25, 0.3) is 11.3 Å². The monoisotopic (exact) mass is 319 g/mol. The van der Waals surface area contributed by atoms with E-state index in [1.807, 2.05) is 66.3 Å². The van der Waals surface area contributed by atoms with Crippen molar-refractivity contribution in [3.8, 4) is 11.3 Å². The summed E-state index contributed by atoms with van der Waals surface area (Å²) in [6.45, 7) is 3.06. The van der Waals surface area contributed by atoms with Gasteiger partial charge in [0, 0.05) is 30.3 Å². The molecule has 0 aliphatic carbocycles. The van der Waals surface area contributed by atoms with Gasteiger partial charge in [0.25, 0.3) is 0 Å². The molecule has 0 aliphatic heterocycles. The summed E-state index contributed by atoms with van der Waals surface area (Å²) in [7, 11) is 0. The average molecular weight is 319 g/mol. The van der Waals surface area contributed by atoms with Crippen LogP contribution < -0.4 is 5.32 Å². The Morgan fingerprint density at radius 2 is 1.71 bits per heavy atom. The van der Waals surface area contributed by atoms with Crippen molar-refractivity contribution in [3.05, 3.63) is 78.0 Å². The zero-order valence-electron chi connectivity index (χ0n) is 13.8. The molecule has 0 unspecified atom stereocenters. The molecule has 2 aromatic carbocycles. The highest BCUT2D eigenvalue weighted by Gasteiger charge is 2.12. The molecule has 3 aromatic rings. The van der Waals surface area contributed by atoms with Crippen molar-refractivity contribution in [2.24, 2.45) is 0 Å². The fraction of sp³-hybridized carbons (Fsp3) is 0.200. The Hall–Kier alpha value is -2.88. The summed E-state index contributed by atoms with van der Waals surface area (Å²) in [5, 5.41) is 7.69. The lowest BCUT2D eigenvalue weighted by Crippen LogP contribution is -2.21. The van der Waals surface area contributed by atoms with Crippen molar-refractivity contribution in [3.63, 3.8) is 0 Å². The van der Waals surface area contributed by atoms with Crippen molar-refractivity contribution < 1.29 is 4.79 Å². The Morgan fingerprint density at radius 3 is 2.38 bits per heavy atom. The largest absolute Gasteiger partial charge is 0.352 e. The lowest BCUT2D eigenvalue weighted by molar-refractivity contribution is -0.120.